The molecule has 2 nitrogen and oxygen atoms in total. The van der Waals surface area contributed by atoms with Crippen LogP contribution in [0.1, 0.15) is 23.6 Å². The quantitative estimate of drug-likeness (QED) is 0.169. The summed E-state index contributed by atoms with van der Waals surface area (Å²) >= 11 is 1.86. The van der Waals surface area contributed by atoms with E-state index < -0.39 is 0 Å². The Hall–Kier alpha value is -6.94. The summed E-state index contributed by atoms with van der Waals surface area (Å²) in [6, 6.07) is 72.3. The Labute approximate surface area is 336 Å². The van der Waals surface area contributed by atoms with E-state index in [-0.39, 0.29) is 5.41 Å². The summed E-state index contributed by atoms with van der Waals surface area (Å²) < 4.78 is 2.64. The van der Waals surface area contributed by atoms with E-state index in [9.17, 15) is 0 Å². The third-order valence-electron chi connectivity index (χ3n) is 11.8. The van der Waals surface area contributed by atoms with Crippen LogP contribution >= 0.6 is 11.3 Å². The van der Waals surface area contributed by atoms with Gasteiger partial charge in [0.05, 0.1) is 11.4 Å². The van der Waals surface area contributed by atoms with Gasteiger partial charge in [-0.25, -0.2) is 9.97 Å². The molecule has 1 atom stereocenters. The summed E-state index contributed by atoms with van der Waals surface area (Å²) in [5.41, 5.74) is 15.8. The van der Waals surface area contributed by atoms with Crippen molar-refractivity contribution in [2.75, 3.05) is 0 Å². The SMILES string of the molecule is CC1(c2ccccc2)c2ccccc2-c2ccc(-c3cc(-c4cccc(-c5cccc(-c6ccc7c(c6)sc6ccccc67)c5)c4)nc(-c4ccccc4)n3)cc21. The number of nitrogens with zero attached hydrogens (tertiary/aromatic N) is 2. The van der Waals surface area contributed by atoms with Crippen molar-refractivity contribution >= 4 is 31.5 Å². The average molecular weight is 745 g/mol. The average Bonchev–Trinajstić information content (AvgIpc) is 3.79. The molecule has 57 heavy (non-hydrogen) atoms. The highest BCUT2D eigenvalue weighted by Crippen LogP contribution is 2.53. The fourth-order valence-electron chi connectivity index (χ4n) is 8.83. The van der Waals surface area contributed by atoms with Crippen molar-refractivity contribution < 1.29 is 0 Å². The monoisotopic (exact) mass is 744 g/mol. The highest BCUT2D eigenvalue weighted by Gasteiger charge is 2.40. The largest absolute Gasteiger partial charge is 0.228 e. The van der Waals surface area contributed by atoms with Crippen molar-refractivity contribution in [1.29, 1.82) is 0 Å². The lowest BCUT2D eigenvalue weighted by atomic mass is 9.74. The van der Waals surface area contributed by atoms with Crippen LogP contribution in [-0.4, -0.2) is 9.97 Å². The Balaban J connectivity index is 1.01. The fraction of sp³-hybridized carbons (Fsp3) is 0.0370. The second-order valence-corrected chi connectivity index (χ2v) is 16.2. The van der Waals surface area contributed by atoms with Crippen molar-refractivity contribution in [3.63, 3.8) is 0 Å². The topological polar surface area (TPSA) is 25.8 Å². The maximum Gasteiger partial charge on any atom is 0.160 e. The van der Waals surface area contributed by atoms with Crippen molar-refractivity contribution in [2.24, 2.45) is 0 Å². The summed E-state index contributed by atoms with van der Waals surface area (Å²) in [4.78, 5) is 10.5. The second-order valence-electron chi connectivity index (χ2n) is 15.1. The first-order chi connectivity index (χ1) is 28.1. The number of aromatic nitrogens is 2. The first-order valence-corrected chi connectivity index (χ1v) is 20.3. The number of hydrogen-bond donors (Lipinski definition) is 0. The number of benzene rings is 8. The number of rotatable bonds is 6. The summed E-state index contributed by atoms with van der Waals surface area (Å²) in [7, 11) is 0. The van der Waals surface area contributed by atoms with Gasteiger partial charge in [-0.05, 0) is 93.4 Å². The van der Waals surface area contributed by atoms with E-state index in [1.165, 1.54) is 64.7 Å². The predicted molar refractivity (Wildman–Crippen MR) is 240 cm³/mol. The van der Waals surface area contributed by atoms with Crippen LogP contribution in [0.25, 0.3) is 87.5 Å². The van der Waals surface area contributed by atoms with Crippen LogP contribution in [0.4, 0.5) is 0 Å². The Morgan fingerprint density at radius 2 is 0.912 bits per heavy atom. The van der Waals surface area contributed by atoms with Crippen molar-refractivity contribution in [1.82, 2.24) is 9.97 Å². The van der Waals surface area contributed by atoms with E-state index in [4.69, 9.17) is 9.97 Å². The molecule has 2 aromatic heterocycles. The Morgan fingerprint density at radius 1 is 0.368 bits per heavy atom. The molecule has 0 fully saturated rings. The van der Waals surface area contributed by atoms with E-state index in [1.54, 1.807) is 0 Å². The van der Waals surface area contributed by atoms with Gasteiger partial charge in [0.25, 0.3) is 0 Å². The molecule has 0 radical (unpaired) electrons. The first kappa shape index (κ1) is 33.4. The number of thiophene rings is 1. The van der Waals surface area contributed by atoms with Gasteiger partial charge in [-0.2, -0.15) is 0 Å². The van der Waals surface area contributed by atoms with E-state index in [2.05, 4.69) is 201 Å². The zero-order valence-corrected chi connectivity index (χ0v) is 32.2. The smallest absolute Gasteiger partial charge is 0.160 e. The van der Waals surface area contributed by atoms with Gasteiger partial charge in [0.15, 0.2) is 5.82 Å². The van der Waals surface area contributed by atoms with Crippen molar-refractivity contribution in [2.45, 2.75) is 12.3 Å². The standard InChI is InChI=1S/C54H36N2S/c1-54(42-20-6-3-7-21-42)47-24-10-8-22-43(47)44-28-27-41(32-48(44)54)50-34-49(55-53(56-50)35-14-4-2-5-15-35)40-19-13-18-38(31-40)36-16-12-17-37(30-36)39-26-29-46-45-23-9-11-25-51(45)57-52(46)33-39/h2-34H,1H3. The fourth-order valence-corrected chi connectivity index (χ4v) is 9.98. The Kier molecular flexibility index (Phi) is 7.84. The lowest BCUT2D eigenvalue weighted by Crippen LogP contribution is -2.22. The van der Waals surface area contributed by atoms with Crippen LogP contribution < -0.4 is 0 Å². The lowest BCUT2D eigenvalue weighted by Gasteiger charge is -2.28. The molecule has 2 heterocycles. The normalized spacial score (nSPS) is 14.5. The van der Waals surface area contributed by atoms with Crippen molar-refractivity contribution in [3.8, 4) is 67.3 Å². The molecule has 0 N–H and O–H groups in total. The van der Waals surface area contributed by atoms with Gasteiger partial charge in [-0.1, -0.05) is 164 Å². The van der Waals surface area contributed by atoms with Crippen LogP contribution in [-0.2, 0) is 5.41 Å². The van der Waals surface area contributed by atoms with Gasteiger partial charge < -0.3 is 0 Å². The van der Waals surface area contributed by atoms with Gasteiger partial charge in [-0.3, -0.25) is 0 Å². The predicted octanol–water partition coefficient (Wildman–Crippen LogP) is 14.5. The zero-order chi connectivity index (χ0) is 37.9. The molecule has 11 rings (SSSR count). The van der Waals surface area contributed by atoms with Crippen LogP contribution in [0.15, 0.2) is 200 Å². The summed E-state index contributed by atoms with van der Waals surface area (Å²) in [5.74, 6) is 0.710. The van der Waals surface area contributed by atoms with E-state index in [0.717, 1.165) is 33.6 Å². The Morgan fingerprint density at radius 3 is 1.68 bits per heavy atom. The third kappa shape index (κ3) is 5.62. The molecule has 0 bridgehead atoms. The molecule has 1 aliphatic carbocycles. The summed E-state index contributed by atoms with van der Waals surface area (Å²) in [5, 5.41) is 2.64. The molecular weight excluding hydrogens is 709 g/mol. The molecule has 3 heteroatoms. The van der Waals surface area contributed by atoms with Crippen molar-refractivity contribution in [3.05, 3.63) is 217 Å². The van der Waals surface area contributed by atoms with Gasteiger partial charge in [-0.15, -0.1) is 11.3 Å². The van der Waals surface area contributed by atoms with Crippen LogP contribution in [0, 0.1) is 0 Å². The molecule has 0 saturated heterocycles. The van der Waals surface area contributed by atoms with Gasteiger partial charge >= 0.3 is 0 Å². The van der Waals surface area contributed by atoms with Gasteiger partial charge in [0.2, 0.25) is 0 Å². The molecule has 1 unspecified atom stereocenters. The molecule has 268 valence electrons. The molecule has 8 aromatic carbocycles. The minimum absolute atomic E-state index is 0.298. The summed E-state index contributed by atoms with van der Waals surface area (Å²) in [6.07, 6.45) is 0. The molecule has 1 aliphatic rings. The maximum atomic E-state index is 5.25. The molecular formula is C54H36N2S. The molecule has 0 saturated carbocycles. The first-order valence-electron chi connectivity index (χ1n) is 19.5. The minimum Gasteiger partial charge on any atom is -0.228 e. The van der Waals surface area contributed by atoms with E-state index in [1.807, 2.05) is 17.4 Å². The van der Waals surface area contributed by atoms with Gasteiger partial charge in [0, 0.05) is 42.3 Å². The minimum atomic E-state index is -0.298. The maximum absolute atomic E-state index is 5.25. The number of fused-ring (bicyclic) bond motifs is 6. The molecule has 10 aromatic rings. The van der Waals surface area contributed by atoms with Gasteiger partial charge in [0.1, 0.15) is 0 Å². The highest BCUT2D eigenvalue weighted by molar-refractivity contribution is 7.25. The molecule has 0 spiro atoms. The van der Waals surface area contributed by atoms with Crippen LogP contribution in [0.5, 0.6) is 0 Å². The third-order valence-corrected chi connectivity index (χ3v) is 12.9. The van der Waals surface area contributed by atoms with E-state index in [0.29, 0.717) is 5.82 Å². The molecule has 0 amide bonds. The second kappa shape index (κ2) is 13.4. The number of hydrogen-bond acceptors (Lipinski definition) is 3. The van der Waals surface area contributed by atoms with E-state index >= 15 is 0 Å². The Bertz CT molecular complexity index is 3140. The lowest BCUT2D eigenvalue weighted by molar-refractivity contribution is 0.714. The van der Waals surface area contributed by atoms with Crippen LogP contribution in [0.3, 0.4) is 0 Å². The van der Waals surface area contributed by atoms with Crippen LogP contribution in [0.2, 0.25) is 0 Å². The highest BCUT2D eigenvalue weighted by atomic mass is 32.1. The molecule has 0 aliphatic heterocycles. The zero-order valence-electron chi connectivity index (χ0n) is 31.4. The summed E-state index contributed by atoms with van der Waals surface area (Å²) in [6.45, 7) is 2.36.